The number of hydrogen-bond donors (Lipinski definition) is 2. The van der Waals surface area contributed by atoms with Crippen molar-refractivity contribution in [2.45, 2.75) is 52.2 Å². The smallest absolute Gasteiger partial charge is 0.321 e. The minimum Gasteiger partial charge on any atom is -0.497 e. The van der Waals surface area contributed by atoms with E-state index in [2.05, 4.69) is 10.6 Å². The summed E-state index contributed by atoms with van der Waals surface area (Å²) in [5, 5.41) is 4.73. The van der Waals surface area contributed by atoms with Crippen LogP contribution in [0.25, 0.3) is 0 Å². The van der Waals surface area contributed by atoms with Crippen LogP contribution in [0.5, 0.6) is 11.5 Å². The summed E-state index contributed by atoms with van der Waals surface area (Å²) in [6, 6.07) is 6.46. The molecule has 1 aromatic rings. The molecule has 0 radical (unpaired) electrons. The van der Waals surface area contributed by atoms with Gasteiger partial charge in [0, 0.05) is 12.0 Å². The van der Waals surface area contributed by atoms with Gasteiger partial charge in [0.2, 0.25) is 0 Å². The van der Waals surface area contributed by atoms with Crippen LogP contribution < -0.4 is 20.1 Å². The van der Waals surface area contributed by atoms with Crippen molar-refractivity contribution >= 4 is 17.9 Å². The number of amides is 3. The van der Waals surface area contributed by atoms with Crippen LogP contribution in [0.4, 0.5) is 4.79 Å². The lowest BCUT2D eigenvalue weighted by molar-refractivity contribution is -0.154. The monoisotopic (exact) mass is 380 g/mol. The number of nitrogens with one attached hydrogen (secondary N) is 2. The van der Waals surface area contributed by atoms with Gasteiger partial charge in [-0.05, 0) is 58.4 Å². The Morgan fingerprint density at radius 2 is 1.67 bits per heavy atom. The summed E-state index contributed by atoms with van der Waals surface area (Å²) >= 11 is 0. The van der Waals surface area contributed by atoms with Crippen LogP contribution in [0.2, 0.25) is 0 Å². The molecule has 0 aliphatic heterocycles. The zero-order chi connectivity index (χ0) is 20.4. The molecule has 2 N–H and O–H groups in total. The Balaban J connectivity index is 2.26. The molecule has 0 fully saturated rings. The number of carbonyl (C=O) groups excluding carboxylic acids is 3. The van der Waals surface area contributed by atoms with Gasteiger partial charge in [-0.1, -0.05) is 0 Å². The van der Waals surface area contributed by atoms with Gasteiger partial charge in [0.25, 0.3) is 5.91 Å². The molecule has 0 saturated carbocycles. The molecule has 0 saturated heterocycles. The number of imide groups is 1. The highest BCUT2D eigenvalue weighted by atomic mass is 16.5. The Morgan fingerprint density at radius 1 is 1.07 bits per heavy atom. The molecule has 0 aliphatic rings. The summed E-state index contributed by atoms with van der Waals surface area (Å²) in [5.74, 6) is 0.183. The maximum atomic E-state index is 11.9. The maximum Gasteiger partial charge on any atom is 0.321 e. The summed E-state index contributed by atoms with van der Waals surface area (Å²) in [4.78, 5) is 35.3. The van der Waals surface area contributed by atoms with Crippen molar-refractivity contribution in [1.82, 2.24) is 10.6 Å². The lowest BCUT2D eigenvalue weighted by atomic mass is 10.1. The Kier molecular flexibility index (Phi) is 8.58. The maximum absolute atomic E-state index is 11.9. The van der Waals surface area contributed by atoms with Gasteiger partial charge in [-0.2, -0.15) is 0 Å². The minimum atomic E-state index is -1.06. The highest BCUT2D eigenvalue weighted by molar-refractivity contribution is 5.97. The van der Waals surface area contributed by atoms with E-state index in [4.69, 9.17) is 14.2 Å². The molecule has 1 rings (SSSR count). The second-order valence-electron chi connectivity index (χ2n) is 6.95. The Morgan fingerprint density at radius 3 is 2.22 bits per heavy atom. The van der Waals surface area contributed by atoms with E-state index in [1.165, 1.54) is 6.92 Å². The summed E-state index contributed by atoms with van der Waals surface area (Å²) in [6.45, 7) is 7.10. The first kappa shape index (κ1) is 22.3. The largest absolute Gasteiger partial charge is 0.497 e. The first-order chi connectivity index (χ1) is 12.6. The van der Waals surface area contributed by atoms with Crippen LogP contribution in [0, 0.1) is 0 Å². The third-order valence-electron chi connectivity index (χ3n) is 3.26. The molecule has 0 bridgehead atoms. The molecule has 0 spiro atoms. The number of ether oxygens (including phenoxy) is 3. The van der Waals surface area contributed by atoms with E-state index in [9.17, 15) is 14.4 Å². The predicted octanol–water partition coefficient (Wildman–Crippen LogP) is 2.41. The van der Waals surface area contributed by atoms with Crippen LogP contribution in [-0.2, 0) is 14.3 Å². The van der Waals surface area contributed by atoms with Crippen molar-refractivity contribution in [3.63, 3.8) is 0 Å². The van der Waals surface area contributed by atoms with Crippen molar-refractivity contribution in [3.8, 4) is 11.5 Å². The molecule has 1 atom stereocenters. The summed E-state index contributed by atoms with van der Waals surface area (Å²) in [6.07, 6.45) is -0.531. The molecule has 150 valence electrons. The standard InChI is InChI=1S/C19H28N2O6/c1-13(17(23)20-18(24)21-19(2,3)4)27-16(22)7-6-12-26-15-10-8-14(25-5)9-11-15/h8-11,13H,6-7,12H2,1-5H3,(H2,20,21,23,24)/t13-/m1/s1. The van der Waals surface area contributed by atoms with E-state index in [1.807, 2.05) is 0 Å². The molecule has 0 unspecified atom stereocenters. The highest BCUT2D eigenvalue weighted by Gasteiger charge is 2.21. The quantitative estimate of drug-likeness (QED) is 0.530. The Hall–Kier alpha value is -2.77. The molecule has 0 aromatic heterocycles. The fraction of sp³-hybridized carbons (Fsp3) is 0.526. The number of methoxy groups -OCH3 is 1. The first-order valence-corrected chi connectivity index (χ1v) is 8.70. The van der Waals surface area contributed by atoms with E-state index < -0.39 is 29.6 Å². The topological polar surface area (TPSA) is 103 Å². The number of esters is 1. The molecular weight excluding hydrogens is 352 g/mol. The molecule has 8 nitrogen and oxygen atoms in total. The van der Waals surface area contributed by atoms with Crippen molar-refractivity contribution < 1.29 is 28.6 Å². The van der Waals surface area contributed by atoms with Gasteiger partial charge in [0.15, 0.2) is 6.10 Å². The van der Waals surface area contributed by atoms with E-state index in [0.29, 0.717) is 18.8 Å². The van der Waals surface area contributed by atoms with Crippen LogP contribution >= 0.6 is 0 Å². The van der Waals surface area contributed by atoms with Crippen LogP contribution in [-0.4, -0.2) is 43.3 Å². The number of benzene rings is 1. The Bertz CT molecular complexity index is 637. The van der Waals surface area contributed by atoms with E-state index in [1.54, 1.807) is 52.1 Å². The van der Waals surface area contributed by atoms with Crippen molar-refractivity contribution in [2.24, 2.45) is 0 Å². The average Bonchev–Trinajstić information content (AvgIpc) is 2.57. The van der Waals surface area contributed by atoms with E-state index >= 15 is 0 Å². The normalized spacial score (nSPS) is 11.9. The Labute approximate surface area is 159 Å². The van der Waals surface area contributed by atoms with Crippen LogP contribution in [0.3, 0.4) is 0 Å². The van der Waals surface area contributed by atoms with E-state index in [-0.39, 0.29) is 6.42 Å². The van der Waals surface area contributed by atoms with E-state index in [0.717, 1.165) is 5.75 Å². The summed E-state index contributed by atoms with van der Waals surface area (Å²) < 4.78 is 15.6. The molecule has 27 heavy (non-hydrogen) atoms. The fourth-order valence-corrected chi connectivity index (χ4v) is 1.97. The van der Waals surface area contributed by atoms with Gasteiger partial charge >= 0.3 is 12.0 Å². The summed E-state index contributed by atoms with van der Waals surface area (Å²) in [7, 11) is 1.58. The average molecular weight is 380 g/mol. The highest BCUT2D eigenvalue weighted by Crippen LogP contribution is 2.17. The lowest BCUT2D eigenvalue weighted by Gasteiger charge is -2.21. The van der Waals surface area contributed by atoms with Gasteiger partial charge in [0.1, 0.15) is 11.5 Å². The van der Waals surface area contributed by atoms with Crippen molar-refractivity contribution in [2.75, 3.05) is 13.7 Å². The van der Waals surface area contributed by atoms with Crippen LogP contribution in [0.1, 0.15) is 40.5 Å². The lowest BCUT2D eigenvalue weighted by Crippen LogP contribution is -2.50. The predicted molar refractivity (Wildman–Crippen MR) is 99.7 cm³/mol. The van der Waals surface area contributed by atoms with Crippen LogP contribution in [0.15, 0.2) is 24.3 Å². The zero-order valence-electron chi connectivity index (χ0n) is 16.5. The van der Waals surface area contributed by atoms with Gasteiger partial charge in [0.05, 0.1) is 13.7 Å². The van der Waals surface area contributed by atoms with Gasteiger partial charge in [-0.3, -0.25) is 14.9 Å². The first-order valence-electron chi connectivity index (χ1n) is 8.70. The zero-order valence-corrected chi connectivity index (χ0v) is 16.5. The molecule has 1 aromatic carbocycles. The number of hydrogen-bond acceptors (Lipinski definition) is 6. The number of carbonyl (C=O) groups is 3. The van der Waals surface area contributed by atoms with Gasteiger partial charge in [-0.25, -0.2) is 4.79 Å². The third-order valence-corrected chi connectivity index (χ3v) is 3.26. The molecule has 0 heterocycles. The fourth-order valence-electron chi connectivity index (χ4n) is 1.97. The number of rotatable bonds is 8. The third kappa shape index (κ3) is 9.48. The molecular formula is C19H28N2O6. The second-order valence-corrected chi connectivity index (χ2v) is 6.95. The molecule has 3 amide bonds. The van der Waals surface area contributed by atoms with Gasteiger partial charge in [-0.15, -0.1) is 0 Å². The minimum absolute atomic E-state index is 0.0992. The summed E-state index contributed by atoms with van der Waals surface area (Å²) in [5.41, 5.74) is -0.478. The molecule has 0 aliphatic carbocycles. The second kappa shape index (κ2) is 10.4. The number of urea groups is 1. The van der Waals surface area contributed by atoms with Crippen molar-refractivity contribution in [3.05, 3.63) is 24.3 Å². The van der Waals surface area contributed by atoms with Crippen molar-refractivity contribution in [1.29, 1.82) is 0 Å². The molecule has 8 heteroatoms. The SMILES string of the molecule is COc1ccc(OCCCC(=O)O[C@H](C)C(=O)NC(=O)NC(C)(C)C)cc1. The van der Waals surface area contributed by atoms with Gasteiger partial charge < -0.3 is 19.5 Å².